The summed E-state index contributed by atoms with van der Waals surface area (Å²) in [5, 5.41) is 16.9. The van der Waals surface area contributed by atoms with Crippen molar-refractivity contribution in [3.8, 4) is 11.9 Å². The molecule has 0 spiro atoms. The smallest absolute Gasteiger partial charge is 0.435 e. The standard InChI is InChI=1S/C19H13ClF4N6O2/c1-32-17-10(7-25)4-13(8-26-17)30(9-12-6-16(29-28-12)19(22,23)24)18(31)27-11-2-3-15(21)14(20)5-11/h2-6,8H,9H2,1H3,(H,27,31)(H,28,29). The van der Waals surface area contributed by atoms with Crippen LogP contribution < -0.4 is 15.0 Å². The number of amides is 2. The number of hydrogen-bond donors (Lipinski definition) is 2. The van der Waals surface area contributed by atoms with Crippen LogP contribution in [0.2, 0.25) is 5.02 Å². The molecule has 13 heteroatoms. The van der Waals surface area contributed by atoms with Crippen LogP contribution in [0.4, 0.5) is 33.7 Å². The minimum absolute atomic E-state index is 0.00261. The van der Waals surface area contributed by atoms with Crippen LogP contribution >= 0.6 is 11.6 Å². The van der Waals surface area contributed by atoms with Gasteiger partial charge in [0.2, 0.25) is 5.88 Å². The molecule has 0 saturated heterocycles. The minimum atomic E-state index is -4.68. The number of ether oxygens (including phenoxy) is 1. The second kappa shape index (κ2) is 9.11. The molecule has 166 valence electrons. The molecule has 0 radical (unpaired) electrons. The number of benzene rings is 1. The summed E-state index contributed by atoms with van der Waals surface area (Å²) in [5.41, 5.74) is -0.999. The zero-order valence-electron chi connectivity index (χ0n) is 16.2. The van der Waals surface area contributed by atoms with Crippen molar-refractivity contribution in [3.05, 3.63) is 64.3 Å². The Balaban J connectivity index is 1.96. The highest BCUT2D eigenvalue weighted by molar-refractivity contribution is 6.31. The van der Waals surface area contributed by atoms with Crippen LogP contribution in [0.3, 0.4) is 0 Å². The Hall–Kier alpha value is -3.85. The van der Waals surface area contributed by atoms with E-state index in [1.807, 2.05) is 6.07 Å². The van der Waals surface area contributed by atoms with Crippen molar-refractivity contribution in [2.75, 3.05) is 17.3 Å². The van der Waals surface area contributed by atoms with Crippen molar-refractivity contribution < 1.29 is 27.1 Å². The molecule has 0 unspecified atom stereocenters. The molecule has 32 heavy (non-hydrogen) atoms. The van der Waals surface area contributed by atoms with Gasteiger partial charge in [0, 0.05) is 5.69 Å². The van der Waals surface area contributed by atoms with Gasteiger partial charge in [-0.05, 0) is 30.3 Å². The molecule has 0 bridgehead atoms. The number of H-pyrrole nitrogens is 1. The molecule has 0 aliphatic carbocycles. The Morgan fingerprint density at radius 3 is 2.69 bits per heavy atom. The summed E-state index contributed by atoms with van der Waals surface area (Å²) in [4.78, 5) is 17.9. The van der Waals surface area contributed by atoms with Gasteiger partial charge in [0.25, 0.3) is 0 Å². The summed E-state index contributed by atoms with van der Waals surface area (Å²) in [6.45, 7) is -0.386. The first-order valence-electron chi connectivity index (χ1n) is 8.71. The molecule has 0 aliphatic rings. The van der Waals surface area contributed by atoms with Crippen LogP contribution in [-0.4, -0.2) is 28.3 Å². The Bertz CT molecular complexity index is 1190. The normalized spacial score (nSPS) is 11.0. The molecule has 0 atom stereocenters. The van der Waals surface area contributed by atoms with E-state index in [9.17, 15) is 27.6 Å². The van der Waals surface area contributed by atoms with Crippen molar-refractivity contribution in [2.24, 2.45) is 0 Å². The van der Waals surface area contributed by atoms with E-state index in [4.69, 9.17) is 16.3 Å². The number of carbonyl (C=O) groups excluding carboxylic acids is 1. The summed E-state index contributed by atoms with van der Waals surface area (Å²) < 4.78 is 57.0. The number of hydrogen-bond acceptors (Lipinski definition) is 5. The first-order valence-corrected chi connectivity index (χ1v) is 9.09. The predicted molar refractivity (Wildman–Crippen MR) is 106 cm³/mol. The third kappa shape index (κ3) is 5.06. The van der Waals surface area contributed by atoms with Gasteiger partial charge in [-0.15, -0.1) is 0 Å². The second-order valence-electron chi connectivity index (χ2n) is 6.28. The largest absolute Gasteiger partial charge is 0.480 e. The van der Waals surface area contributed by atoms with E-state index in [2.05, 4.69) is 20.5 Å². The highest BCUT2D eigenvalue weighted by atomic mass is 35.5. The fraction of sp³-hybridized carbons (Fsp3) is 0.158. The van der Waals surface area contributed by atoms with E-state index < -0.39 is 23.7 Å². The number of urea groups is 1. The maximum atomic E-state index is 13.4. The van der Waals surface area contributed by atoms with E-state index in [0.29, 0.717) is 0 Å². The number of aromatic amines is 1. The average Bonchev–Trinajstić information content (AvgIpc) is 3.23. The van der Waals surface area contributed by atoms with Crippen molar-refractivity contribution in [2.45, 2.75) is 12.7 Å². The molecule has 8 nitrogen and oxygen atoms in total. The van der Waals surface area contributed by atoms with Crippen molar-refractivity contribution >= 4 is 29.0 Å². The zero-order chi connectivity index (χ0) is 23.5. The molecule has 2 aromatic heterocycles. The molecule has 2 amide bonds. The first kappa shape index (κ1) is 22.8. The van der Waals surface area contributed by atoms with Crippen molar-refractivity contribution in [1.82, 2.24) is 15.2 Å². The Labute approximate surface area is 183 Å². The number of nitrogens with one attached hydrogen (secondary N) is 2. The SMILES string of the molecule is COc1ncc(N(Cc2cc(C(F)(F)F)n[nH]2)C(=O)Nc2ccc(F)c(Cl)c2)cc1C#N. The van der Waals surface area contributed by atoms with Gasteiger partial charge in [0.1, 0.15) is 17.4 Å². The number of methoxy groups -OCH3 is 1. The van der Waals surface area contributed by atoms with Crippen LogP contribution in [0.25, 0.3) is 0 Å². The Morgan fingerprint density at radius 1 is 1.34 bits per heavy atom. The monoisotopic (exact) mass is 468 g/mol. The summed E-state index contributed by atoms with van der Waals surface area (Å²) in [6.07, 6.45) is -3.47. The number of carbonyl (C=O) groups is 1. The highest BCUT2D eigenvalue weighted by Gasteiger charge is 2.34. The Kier molecular flexibility index (Phi) is 6.50. The maximum Gasteiger partial charge on any atom is 0.435 e. The van der Waals surface area contributed by atoms with Gasteiger partial charge in [-0.25, -0.2) is 14.2 Å². The van der Waals surface area contributed by atoms with Crippen molar-refractivity contribution in [1.29, 1.82) is 5.26 Å². The average molecular weight is 469 g/mol. The highest BCUT2D eigenvalue weighted by Crippen LogP contribution is 2.29. The molecule has 0 aliphatic heterocycles. The topological polar surface area (TPSA) is 107 Å². The van der Waals surface area contributed by atoms with Gasteiger partial charge in [-0.1, -0.05) is 11.6 Å². The summed E-state index contributed by atoms with van der Waals surface area (Å²) in [7, 11) is 1.30. The number of alkyl halides is 3. The fourth-order valence-corrected chi connectivity index (χ4v) is 2.82. The summed E-state index contributed by atoms with van der Waals surface area (Å²) >= 11 is 5.72. The van der Waals surface area contributed by atoms with Gasteiger partial charge >= 0.3 is 12.2 Å². The van der Waals surface area contributed by atoms with Gasteiger partial charge in [0.05, 0.1) is 36.3 Å². The van der Waals surface area contributed by atoms with E-state index in [1.165, 1.54) is 25.4 Å². The molecule has 0 fully saturated rings. The van der Waals surface area contributed by atoms with E-state index >= 15 is 0 Å². The van der Waals surface area contributed by atoms with Crippen LogP contribution in [0.15, 0.2) is 36.5 Å². The fourth-order valence-electron chi connectivity index (χ4n) is 2.63. The maximum absolute atomic E-state index is 13.4. The number of pyridine rings is 1. The van der Waals surface area contributed by atoms with Crippen LogP contribution in [0.1, 0.15) is 17.0 Å². The number of nitrogens with zero attached hydrogens (tertiary/aromatic N) is 4. The molecular formula is C19H13ClF4N6O2. The molecular weight excluding hydrogens is 456 g/mol. The number of rotatable bonds is 5. The zero-order valence-corrected chi connectivity index (χ0v) is 16.9. The molecule has 3 aromatic rings. The van der Waals surface area contributed by atoms with Gasteiger partial charge in [-0.3, -0.25) is 10.00 Å². The number of anilines is 2. The van der Waals surface area contributed by atoms with E-state index in [0.717, 1.165) is 23.1 Å². The van der Waals surface area contributed by atoms with Gasteiger partial charge < -0.3 is 10.1 Å². The van der Waals surface area contributed by atoms with Crippen molar-refractivity contribution in [3.63, 3.8) is 0 Å². The quantitative estimate of drug-likeness (QED) is 0.526. The van der Waals surface area contributed by atoms with E-state index in [-0.39, 0.29) is 40.1 Å². The van der Waals surface area contributed by atoms with Crippen LogP contribution in [0, 0.1) is 17.1 Å². The lowest BCUT2D eigenvalue weighted by atomic mass is 10.2. The summed E-state index contributed by atoms with van der Waals surface area (Å²) in [6, 6.07) is 6.53. The lowest BCUT2D eigenvalue weighted by Crippen LogP contribution is -2.34. The lowest BCUT2D eigenvalue weighted by Gasteiger charge is -2.23. The molecule has 2 heterocycles. The molecule has 1 aromatic carbocycles. The van der Waals surface area contributed by atoms with Gasteiger partial charge in [-0.2, -0.15) is 23.5 Å². The lowest BCUT2D eigenvalue weighted by molar-refractivity contribution is -0.141. The molecule has 2 N–H and O–H groups in total. The van der Waals surface area contributed by atoms with E-state index in [1.54, 1.807) is 0 Å². The third-order valence-electron chi connectivity index (χ3n) is 4.13. The summed E-state index contributed by atoms with van der Waals surface area (Å²) in [5.74, 6) is -0.695. The van der Waals surface area contributed by atoms with Crippen LogP contribution in [0.5, 0.6) is 5.88 Å². The minimum Gasteiger partial charge on any atom is -0.480 e. The first-order chi connectivity index (χ1) is 15.1. The second-order valence-corrected chi connectivity index (χ2v) is 6.69. The number of nitriles is 1. The Morgan fingerprint density at radius 2 is 2.09 bits per heavy atom. The predicted octanol–water partition coefficient (Wildman–Crippen LogP) is 4.73. The van der Waals surface area contributed by atoms with Gasteiger partial charge in [0.15, 0.2) is 5.69 Å². The molecule has 0 saturated carbocycles. The third-order valence-corrected chi connectivity index (χ3v) is 4.42. The number of aromatic nitrogens is 3. The number of halogens is 5. The molecule has 3 rings (SSSR count). The van der Waals surface area contributed by atoms with Crippen LogP contribution in [-0.2, 0) is 12.7 Å².